The van der Waals surface area contributed by atoms with Gasteiger partial charge in [-0.25, -0.2) is 4.79 Å². The van der Waals surface area contributed by atoms with Gasteiger partial charge in [-0.1, -0.05) is 6.07 Å². The molecular weight excluding hydrogens is 340 g/mol. The summed E-state index contributed by atoms with van der Waals surface area (Å²) in [6, 6.07) is 6.61. The Bertz CT molecular complexity index is 705. The first-order valence-electron chi connectivity index (χ1n) is 8.67. The largest absolute Gasteiger partial charge is 0.479 e. The van der Waals surface area contributed by atoms with E-state index in [2.05, 4.69) is 5.32 Å². The number of amides is 2. The van der Waals surface area contributed by atoms with Gasteiger partial charge >= 0.3 is 5.97 Å². The molecule has 2 aliphatic heterocycles. The van der Waals surface area contributed by atoms with Crippen molar-refractivity contribution in [1.29, 1.82) is 0 Å². The van der Waals surface area contributed by atoms with Crippen molar-refractivity contribution in [2.45, 2.75) is 37.4 Å². The maximum absolute atomic E-state index is 12.6. The van der Waals surface area contributed by atoms with Gasteiger partial charge in [-0.05, 0) is 31.0 Å². The molecule has 0 bridgehead atoms. The van der Waals surface area contributed by atoms with Crippen LogP contribution >= 0.6 is 0 Å². The zero-order valence-electron chi connectivity index (χ0n) is 14.3. The Hall–Kier alpha value is -2.45. The van der Waals surface area contributed by atoms with Crippen LogP contribution in [0.2, 0.25) is 0 Å². The van der Waals surface area contributed by atoms with Crippen LogP contribution < -0.4 is 5.32 Å². The number of ether oxygens (including phenoxy) is 1. The Kier molecular flexibility index (Phi) is 5.24. The SMILES string of the molecule is O=C(Nc1cccc(C(=O)N2CCC(O)(C(=O)O)CC2)c1)C1CCCO1. The molecule has 2 aliphatic rings. The van der Waals surface area contributed by atoms with E-state index in [1.807, 2.05) is 0 Å². The maximum atomic E-state index is 12.6. The van der Waals surface area contributed by atoms with E-state index in [0.29, 0.717) is 24.3 Å². The second-order valence-electron chi connectivity index (χ2n) is 6.70. The highest BCUT2D eigenvalue weighted by Crippen LogP contribution is 2.24. The fourth-order valence-electron chi connectivity index (χ4n) is 3.21. The van der Waals surface area contributed by atoms with E-state index in [1.54, 1.807) is 24.3 Å². The topological polar surface area (TPSA) is 116 Å². The fourth-order valence-corrected chi connectivity index (χ4v) is 3.21. The summed E-state index contributed by atoms with van der Waals surface area (Å²) in [4.78, 5) is 37.3. The smallest absolute Gasteiger partial charge is 0.335 e. The quantitative estimate of drug-likeness (QED) is 0.731. The summed E-state index contributed by atoms with van der Waals surface area (Å²) in [5.74, 6) is -1.74. The number of hydrogen-bond donors (Lipinski definition) is 3. The van der Waals surface area contributed by atoms with Gasteiger partial charge in [-0.2, -0.15) is 0 Å². The molecule has 1 atom stereocenters. The number of aliphatic carboxylic acids is 1. The lowest BCUT2D eigenvalue weighted by Gasteiger charge is -2.35. The van der Waals surface area contributed by atoms with Crippen molar-refractivity contribution in [3.63, 3.8) is 0 Å². The van der Waals surface area contributed by atoms with E-state index in [1.165, 1.54) is 4.90 Å². The lowest BCUT2D eigenvalue weighted by Crippen LogP contribution is -2.50. The minimum absolute atomic E-state index is 0.0104. The standard InChI is InChI=1S/C18H22N2O6/c21-15(14-5-2-10-26-14)19-13-4-1-3-12(11-13)16(22)20-8-6-18(25,7-9-20)17(23)24/h1,3-4,11,14,25H,2,5-10H2,(H,19,21)(H,23,24). The number of anilines is 1. The van der Waals surface area contributed by atoms with Gasteiger partial charge in [0.15, 0.2) is 5.60 Å². The Morgan fingerprint density at radius 1 is 1.23 bits per heavy atom. The van der Waals surface area contributed by atoms with E-state index in [0.717, 1.165) is 6.42 Å². The minimum atomic E-state index is -1.77. The van der Waals surface area contributed by atoms with E-state index in [9.17, 15) is 19.5 Å². The van der Waals surface area contributed by atoms with Crippen molar-refractivity contribution in [1.82, 2.24) is 4.90 Å². The monoisotopic (exact) mass is 362 g/mol. The number of carbonyl (C=O) groups is 3. The zero-order chi connectivity index (χ0) is 18.7. The van der Waals surface area contributed by atoms with Gasteiger partial charge in [0.25, 0.3) is 11.8 Å². The van der Waals surface area contributed by atoms with Crippen molar-refractivity contribution in [3.05, 3.63) is 29.8 Å². The van der Waals surface area contributed by atoms with Crippen molar-refractivity contribution in [3.8, 4) is 0 Å². The number of carboxylic acid groups (broad SMARTS) is 1. The van der Waals surface area contributed by atoms with Gasteiger partial charge < -0.3 is 25.2 Å². The number of rotatable bonds is 4. The van der Waals surface area contributed by atoms with Crippen LogP contribution in [-0.2, 0) is 14.3 Å². The molecule has 26 heavy (non-hydrogen) atoms. The Balaban J connectivity index is 1.63. The summed E-state index contributed by atoms with van der Waals surface area (Å²) >= 11 is 0. The third-order valence-electron chi connectivity index (χ3n) is 4.88. The summed E-state index contributed by atoms with van der Waals surface area (Å²) in [6.45, 7) is 0.899. The van der Waals surface area contributed by atoms with Gasteiger partial charge in [-0.15, -0.1) is 0 Å². The van der Waals surface area contributed by atoms with Crippen molar-refractivity contribution < 1.29 is 29.3 Å². The molecule has 2 heterocycles. The maximum Gasteiger partial charge on any atom is 0.335 e. The fraction of sp³-hybridized carbons (Fsp3) is 0.500. The third kappa shape index (κ3) is 3.86. The second kappa shape index (κ2) is 7.43. The molecule has 0 saturated carbocycles. The summed E-state index contributed by atoms with van der Waals surface area (Å²) in [5.41, 5.74) is -0.861. The van der Waals surface area contributed by atoms with Crippen LogP contribution in [-0.4, -0.2) is 64.3 Å². The molecule has 140 valence electrons. The van der Waals surface area contributed by atoms with Gasteiger partial charge in [0.1, 0.15) is 6.10 Å². The number of carboxylic acids is 1. The van der Waals surface area contributed by atoms with Crippen LogP contribution in [0.15, 0.2) is 24.3 Å². The minimum Gasteiger partial charge on any atom is -0.479 e. The number of carbonyl (C=O) groups excluding carboxylic acids is 2. The first-order valence-corrected chi connectivity index (χ1v) is 8.67. The van der Waals surface area contributed by atoms with E-state index in [4.69, 9.17) is 9.84 Å². The van der Waals surface area contributed by atoms with Gasteiger partial charge in [0.2, 0.25) is 0 Å². The highest BCUT2D eigenvalue weighted by atomic mass is 16.5. The molecular formula is C18H22N2O6. The number of piperidine rings is 1. The van der Waals surface area contributed by atoms with E-state index in [-0.39, 0.29) is 37.7 Å². The molecule has 2 amide bonds. The highest BCUT2D eigenvalue weighted by molar-refractivity contribution is 5.98. The highest BCUT2D eigenvalue weighted by Gasteiger charge is 2.40. The molecule has 0 aromatic heterocycles. The molecule has 1 unspecified atom stereocenters. The lowest BCUT2D eigenvalue weighted by molar-refractivity contribution is -0.162. The van der Waals surface area contributed by atoms with E-state index >= 15 is 0 Å². The molecule has 3 rings (SSSR count). The van der Waals surface area contributed by atoms with Crippen LogP contribution in [0.3, 0.4) is 0 Å². The number of nitrogens with one attached hydrogen (secondary N) is 1. The molecule has 8 heteroatoms. The molecule has 0 spiro atoms. The molecule has 2 fully saturated rings. The summed E-state index contributed by atoms with van der Waals surface area (Å²) < 4.78 is 5.34. The van der Waals surface area contributed by atoms with Crippen LogP contribution in [0, 0.1) is 0 Å². The second-order valence-corrected chi connectivity index (χ2v) is 6.70. The molecule has 2 saturated heterocycles. The predicted molar refractivity (Wildman–Crippen MR) is 91.8 cm³/mol. The third-order valence-corrected chi connectivity index (χ3v) is 4.88. The van der Waals surface area contributed by atoms with Crippen molar-refractivity contribution in [2.75, 3.05) is 25.0 Å². The predicted octanol–water partition coefficient (Wildman–Crippen LogP) is 0.856. The summed E-state index contributed by atoms with van der Waals surface area (Å²) in [7, 11) is 0. The molecule has 0 aliphatic carbocycles. The Morgan fingerprint density at radius 3 is 2.58 bits per heavy atom. The molecule has 0 radical (unpaired) electrons. The van der Waals surface area contributed by atoms with E-state index < -0.39 is 17.7 Å². The Labute approximate surface area is 150 Å². The number of benzene rings is 1. The first kappa shape index (κ1) is 18.3. The number of hydrogen-bond acceptors (Lipinski definition) is 5. The van der Waals surface area contributed by atoms with Gasteiger partial charge in [-0.3, -0.25) is 9.59 Å². The summed E-state index contributed by atoms with van der Waals surface area (Å²) in [5, 5.41) is 21.8. The van der Waals surface area contributed by atoms with Gasteiger partial charge in [0.05, 0.1) is 0 Å². The first-order chi connectivity index (χ1) is 12.4. The van der Waals surface area contributed by atoms with Crippen LogP contribution in [0.5, 0.6) is 0 Å². The van der Waals surface area contributed by atoms with Crippen molar-refractivity contribution in [2.24, 2.45) is 0 Å². The molecule has 1 aromatic carbocycles. The Morgan fingerprint density at radius 2 is 1.96 bits per heavy atom. The number of likely N-dealkylation sites (tertiary alicyclic amines) is 1. The van der Waals surface area contributed by atoms with Crippen LogP contribution in [0.25, 0.3) is 0 Å². The zero-order valence-corrected chi connectivity index (χ0v) is 14.3. The normalized spacial score (nSPS) is 22.0. The molecule has 1 aromatic rings. The van der Waals surface area contributed by atoms with Crippen molar-refractivity contribution >= 4 is 23.5 Å². The molecule has 8 nitrogen and oxygen atoms in total. The summed E-state index contributed by atoms with van der Waals surface area (Å²) in [6.07, 6.45) is 1.07. The van der Waals surface area contributed by atoms with Crippen LogP contribution in [0.1, 0.15) is 36.0 Å². The number of nitrogens with zero attached hydrogens (tertiary/aromatic N) is 1. The van der Waals surface area contributed by atoms with Gasteiger partial charge in [0, 0.05) is 43.8 Å². The molecule has 3 N–H and O–H groups in total. The average Bonchev–Trinajstić information content (AvgIpc) is 3.17. The lowest BCUT2D eigenvalue weighted by atomic mass is 9.91. The average molecular weight is 362 g/mol. The van der Waals surface area contributed by atoms with Crippen LogP contribution in [0.4, 0.5) is 5.69 Å². The number of aliphatic hydroxyl groups is 1.